The van der Waals surface area contributed by atoms with Crippen molar-refractivity contribution in [2.45, 2.75) is 25.2 Å². The number of anilines is 1. The van der Waals surface area contributed by atoms with E-state index in [-0.39, 0.29) is 4.90 Å². The lowest BCUT2D eigenvalue weighted by atomic mass is 10.1. The molecule has 3 aromatic rings. The highest BCUT2D eigenvalue weighted by Crippen LogP contribution is 2.24. The highest BCUT2D eigenvalue weighted by Gasteiger charge is 2.27. The fraction of sp³-hybridized carbons (Fsp3) is 0.167. The van der Waals surface area contributed by atoms with E-state index in [1.165, 1.54) is 12.1 Å². The summed E-state index contributed by atoms with van der Waals surface area (Å²) in [4.78, 5) is 12.8. The van der Waals surface area contributed by atoms with E-state index in [1.54, 1.807) is 37.3 Å². The normalized spacial score (nSPS) is 11.8. The zero-order valence-corrected chi connectivity index (χ0v) is 20.2. The zero-order valence-electron chi connectivity index (χ0n) is 17.8. The summed E-state index contributed by atoms with van der Waals surface area (Å²) in [5, 5.41) is 4.13. The molecule has 3 rings (SSSR count). The Bertz CT molecular complexity index is 1190. The summed E-state index contributed by atoms with van der Waals surface area (Å²) >= 11 is 3.38. The highest BCUT2D eigenvalue weighted by atomic mass is 79.9. The van der Waals surface area contributed by atoms with E-state index in [1.807, 2.05) is 43.3 Å². The Morgan fingerprint density at radius 3 is 2.19 bits per heavy atom. The van der Waals surface area contributed by atoms with Gasteiger partial charge in [0.1, 0.15) is 6.54 Å². The van der Waals surface area contributed by atoms with Crippen LogP contribution in [0.2, 0.25) is 0 Å². The van der Waals surface area contributed by atoms with Gasteiger partial charge in [-0.2, -0.15) is 5.10 Å². The van der Waals surface area contributed by atoms with Crippen molar-refractivity contribution in [1.82, 2.24) is 5.43 Å². The van der Waals surface area contributed by atoms with Crippen molar-refractivity contribution in [3.63, 3.8) is 0 Å². The lowest BCUT2D eigenvalue weighted by Crippen LogP contribution is -2.39. The van der Waals surface area contributed by atoms with Crippen LogP contribution in [0.1, 0.15) is 25.0 Å². The molecule has 0 heterocycles. The molecule has 166 valence electrons. The average molecular weight is 514 g/mol. The molecule has 0 fully saturated rings. The number of hydrogen-bond donors (Lipinski definition) is 1. The Kier molecular flexibility index (Phi) is 7.82. The van der Waals surface area contributed by atoms with Gasteiger partial charge in [0.25, 0.3) is 15.9 Å². The van der Waals surface area contributed by atoms with Gasteiger partial charge in [0.2, 0.25) is 0 Å². The summed E-state index contributed by atoms with van der Waals surface area (Å²) in [5.74, 6) is -0.541. The standard InChI is InChI=1S/C24H24BrN3O3S/c1-3-19-9-15-22(16-10-19)28(32(30,31)23-7-5-4-6-8-23)17-24(29)27-26-18(2)20-11-13-21(25)14-12-20/h4-16H,3,17H2,1-2H3,(H,27,29)/b26-18-. The summed E-state index contributed by atoms with van der Waals surface area (Å²) < 4.78 is 28.7. The molecule has 0 spiro atoms. The van der Waals surface area contributed by atoms with Crippen LogP contribution in [0, 0.1) is 0 Å². The number of nitrogens with zero attached hydrogens (tertiary/aromatic N) is 2. The maximum Gasteiger partial charge on any atom is 0.264 e. The molecule has 0 unspecified atom stereocenters. The maximum absolute atomic E-state index is 13.3. The van der Waals surface area contributed by atoms with Crippen LogP contribution < -0.4 is 9.73 Å². The van der Waals surface area contributed by atoms with Crippen LogP contribution in [0.5, 0.6) is 0 Å². The summed E-state index contributed by atoms with van der Waals surface area (Å²) in [6.07, 6.45) is 0.830. The van der Waals surface area contributed by atoms with Crippen LogP contribution in [-0.2, 0) is 21.2 Å². The molecular formula is C24H24BrN3O3S. The van der Waals surface area contributed by atoms with Crippen LogP contribution in [-0.4, -0.2) is 26.6 Å². The number of carbonyl (C=O) groups excluding carboxylic acids is 1. The zero-order chi connectivity index (χ0) is 23.1. The number of rotatable bonds is 8. The van der Waals surface area contributed by atoms with E-state index in [0.29, 0.717) is 11.4 Å². The largest absolute Gasteiger partial charge is 0.271 e. The molecule has 3 aromatic carbocycles. The highest BCUT2D eigenvalue weighted by molar-refractivity contribution is 9.10. The SMILES string of the molecule is CCc1ccc(N(CC(=O)N/N=C(/C)c2ccc(Br)cc2)S(=O)(=O)c2ccccc2)cc1. The Morgan fingerprint density at radius 1 is 0.969 bits per heavy atom. The van der Waals surface area contributed by atoms with E-state index >= 15 is 0 Å². The first-order chi connectivity index (χ1) is 15.3. The van der Waals surface area contributed by atoms with Gasteiger partial charge in [-0.15, -0.1) is 0 Å². The number of benzene rings is 3. The van der Waals surface area contributed by atoms with Gasteiger partial charge in [0.05, 0.1) is 16.3 Å². The predicted molar refractivity (Wildman–Crippen MR) is 131 cm³/mol. The average Bonchev–Trinajstić information content (AvgIpc) is 2.82. The Balaban J connectivity index is 1.85. The molecule has 0 aliphatic rings. The minimum Gasteiger partial charge on any atom is -0.271 e. The van der Waals surface area contributed by atoms with Gasteiger partial charge in [-0.3, -0.25) is 9.10 Å². The summed E-state index contributed by atoms with van der Waals surface area (Å²) in [6.45, 7) is 3.39. The first-order valence-corrected chi connectivity index (χ1v) is 12.3. The Hall–Kier alpha value is -2.97. The molecule has 0 bridgehead atoms. The lowest BCUT2D eigenvalue weighted by molar-refractivity contribution is -0.119. The van der Waals surface area contributed by atoms with E-state index < -0.39 is 22.5 Å². The smallest absolute Gasteiger partial charge is 0.264 e. The second-order valence-electron chi connectivity index (χ2n) is 7.08. The van der Waals surface area contributed by atoms with Gasteiger partial charge in [-0.05, 0) is 60.9 Å². The molecule has 0 saturated heterocycles. The van der Waals surface area contributed by atoms with Crippen molar-refractivity contribution < 1.29 is 13.2 Å². The number of carbonyl (C=O) groups is 1. The molecule has 32 heavy (non-hydrogen) atoms. The number of amides is 1. The Morgan fingerprint density at radius 2 is 1.59 bits per heavy atom. The van der Waals surface area contributed by atoms with Gasteiger partial charge < -0.3 is 0 Å². The van der Waals surface area contributed by atoms with Crippen molar-refractivity contribution in [3.05, 3.63) is 94.5 Å². The number of aryl methyl sites for hydroxylation is 1. The molecule has 0 aliphatic heterocycles. The van der Waals surface area contributed by atoms with Crippen LogP contribution in [0.25, 0.3) is 0 Å². The van der Waals surface area contributed by atoms with Crippen LogP contribution >= 0.6 is 15.9 Å². The third kappa shape index (κ3) is 5.83. The number of hydrogen-bond acceptors (Lipinski definition) is 4. The van der Waals surface area contributed by atoms with Gasteiger partial charge in [0, 0.05) is 4.47 Å². The number of nitrogens with one attached hydrogen (secondary N) is 1. The second kappa shape index (κ2) is 10.6. The third-order valence-electron chi connectivity index (χ3n) is 4.86. The van der Waals surface area contributed by atoms with Crippen molar-refractivity contribution in [2.24, 2.45) is 5.10 Å². The molecule has 8 heteroatoms. The van der Waals surface area contributed by atoms with Crippen molar-refractivity contribution in [2.75, 3.05) is 10.8 Å². The molecular weight excluding hydrogens is 490 g/mol. The summed E-state index contributed by atoms with van der Waals surface area (Å²) in [5.41, 5.74) is 5.41. The minimum atomic E-state index is -3.95. The maximum atomic E-state index is 13.3. The monoisotopic (exact) mass is 513 g/mol. The fourth-order valence-corrected chi connectivity index (χ4v) is 4.71. The molecule has 0 atom stereocenters. The van der Waals surface area contributed by atoms with Crippen LogP contribution in [0.15, 0.2) is 93.3 Å². The van der Waals surface area contributed by atoms with Gasteiger partial charge in [-0.25, -0.2) is 13.8 Å². The molecule has 1 amide bonds. The molecule has 6 nitrogen and oxygen atoms in total. The van der Waals surface area contributed by atoms with E-state index in [2.05, 4.69) is 26.5 Å². The Labute approximate surface area is 197 Å². The van der Waals surface area contributed by atoms with Crippen LogP contribution in [0.4, 0.5) is 5.69 Å². The fourth-order valence-electron chi connectivity index (χ4n) is 3.00. The van der Waals surface area contributed by atoms with Crippen molar-refractivity contribution >= 4 is 43.3 Å². The van der Waals surface area contributed by atoms with Crippen molar-refractivity contribution in [3.8, 4) is 0 Å². The van der Waals surface area contributed by atoms with Gasteiger partial charge in [0.15, 0.2) is 0 Å². The topological polar surface area (TPSA) is 78.8 Å². The first kappa shape index (κ1) is 23.7. The van der Waals surface area contributed by atoms with E-state index in [9.17, 15) is 13.2 Å². The number of sulfonamides is 1. The summed E-state index contributed by atoms with van der Waals surface area (Å²) in [7, 11) is -3.95. The minimum absolute atomic E-state index is 0.113. The lowest BCUT2D eigenvalue weighted by Gasteiger charge is -2.24. The third-order valence-corrected chi connectivity index (χ3v) is 7.18. The van der Waals surface area contributed by atoms with Gasteiger partial charge in [-0.1, -0.05) is 65.3 Å². The van der Waals surface area contributed by atoms with Gasteiger partial charge >= 0.3 is 0 Å². The number of hydrazone groups is 1. The molecule has 0 saturated carbocycles. The second-order valence-corrected chi connectivity index (χ2v) is 9.86. The van der Waals surface area contributed by atoms with E-state index in [0.717, 1.165) is 26.3 Å². The summed E-state index contributed by atoms with van der Waals surface area (Å²) in [6, 6.07) is 22.7. The molecule has 0 aliphatic carbocycles. The van der Waals surface area contributed by atoms with Crippen LogP contribution in [0.3, 0.4) is 0 Å². The number of halogens is 1. The first-order valence-electron chi connectivity index (χ1n) is 10.1. The quantitative estimate of drug-likeness (QED) is 0.348. The predicted octanol–water partition coefficient (Wildman–Crippen LogP) is 4.75. The molecule has 0 aromatic heterocycles. The van der Waals surface area contributed by atoms with E-state index in [4.69, 9.17) is 0 Å². The molecule has 1 N–H and O–H groups in total. The molecule has 0 radical (unpaired) electrons. The van der Waals surface area contributed by atoms with Crippen molar-refractivity contribution in [1.29, 1.82) is 0 Å².